The lowest BCUT2D eigenvalue weighted by Crippen LogP contribution is -2.43. The van der Waals surface area contributed by atoms with Gasteiger partial charge in [-0.1, -0.05) is 19.1 Å². The van der Waals surface area contributed by atoms with Gasteiger partial charge in [0.15, 0.2) is 5.96 Å². The van der Waals surface area contributed by atoms with Crippen molar-refractivity contribution in [2.45, 2.75) is 52.6 Å². The van der Waals surface area contributed by atoms with Gasteiger partial charge < -0.3 is 16.0 Å². The summed E-state index contributed by atoms with van der Waals surface area (Å²) in [6.45, 7) is 9.25. The molecule has 3 N–H and O–H groups in total. The zero-order valence-electron chi connectivity index (χ0n) is 17.1. The number of nitrogens with one attached hydrogen (secondary N) is 3. The molecule has 1 aromatic carbocycles. The number of amides is 3. The fourth-order valence-electron chi connectivity index (χ4n) is 2.88. The van der Waals surface area contributed by atoms with Crippen LogP contribution >= 0.6 is 0 Å². The number of nitrogens with zero attached hydrogens (tertiary/aromatic N) is 2. The molecule has 8 heteroatoms. The number of rotatable bonds is 8. The molecule has 1 saturated heterocycles. The number of urea groups is 1. The molecule has 0 radical (unpaired) electrons. The van der Waals surface area contributed by atoms with Gasteiger partial charge in [-0.05, 0) is 50.8 Å². The zero-order chi connectivity index (χ0) is 20.7. The fourth-order valence-corrected chi connectivity index (χ4v) is 2.88. The minimum Gasteiger partial charge on any atom is -0.357 e. The van der Waals surface area contributed by atoms with E-state index in [1.165, 1.54) is 11.0 Å². The molecule has 1 heterocycles. The van der Waals surface area contributed by atoms with Crippen LogP contribution in [-0.4, -0.2) is 48.0 Å². The van der Waals surface area contributed by atoms with Crippen molar-refractivity contribution >= 4 is 17.9 Å². The van der Waals surface area contributed by atoms with E-state index in [-0.39, 0.29) is 17.8 Å². The summed E-state index contributed by atoms with van der Waals surface area (Å²) >= 11 is 0. The number of imide groups is 1. The molecule has 0 spiro atoms. The van der Waals surface area contributed by atoms with E-state index in [9.17, 15) is 14.0 Å². The highest BCUT2D eigenvalue weighted by Crippen LogP contribution is 2.20. The van der Waals surface area contributed by atoms with E-state index in [2.05, 4.69) is 20.9 Å². The Morgan fingerprint density at radius 2 is 2.04 bits per heavy atom. The number of hydrogen-bond donors (Lipinski definition) is 3. The Morgan fingerprint density at radius 1 is 1.29 bits per heavy atom. The Balaban J connectivity index is 1.85. The van der Waals surface area contributed by atoms with Crippen molar-refractivity contribution in [2.75, 3.05) is 19.6 Å². The quantitative estimate of drug-likeness (QED) is 0.275. The normalized spacial score (nSPS) is 19.8. The zero-order valence-corrected chi connectivity index (χ0v) is 17.1. The maximum Gasteiger partial charge on any atom is 0.325 e. The Morgan fingerprint density at radius 3 is 2.64 bits per heavy atom. The van der Waals surface area contributed by atoms with Gasteiger partial charge in [-0.15, -0.1) is 0 Å². The Labute approximate surface area is 165 Å². The van der Waals surface area contributed by atoms with Crippen LogP contribution in [0.5, 0.6) is 0 Å². The molecule has 1 aliphatic heterocycles. The first-order valence-electron chi connectivity index (χ1n) is 9.72. The summed E-state index contributed by atoms with van der Waals surface area (Å²) in [5.74, 6) is 0.194. The molecule has 154 valence electrons. The summed E-state index contributed by atoms with van der Waals surface area (Å²) in [5, 5.41) is 9.06. The summed E-state index contributed by atoms with van der Waals surface area (Å²) in [4.78, 5) is 30.1. The summed E-state index contributed by atoms with van der Waals surface area (Å²) in [6.07, 6.45) is 1.16. The Hall–Kier alpha value is -2.64. The number of carbonyl (C=O) groups excluding carboxylic acids is 2. The summed E-state index contributed by atoms with van der Waals surface area (Å²) in [6, 6.07) is 4.75. The van der Waals surface area contributed by atoms with Gasteiger partial charge in [-0.25, -0.2) is 14.2 Å². The molecule has 1 aliphatic rings. The molecule has 0 aliphatic carbocycles. The second-order valence-corrected chi connectivity index (χ2v) is 7.13. The third kappa shape index (κ3) is 5.21. The number of carbonyl (C=O) groups is 2. The topological polar surface area (TPSA) is 85.8 Å². The molecule has 1 atom stereocenters. The van der Waals surface area contributed by atoms with E-state index in [0.717, 1.165) is 5.56 Å². The number of guanidine groups is 1. The minimum absolute atomic E-state index is 0.179. The van der Waals surface area contributed by atoms with Crippen LogP contribution in [0.3, 0.4) is 0 Å². The second-order valence-electron chi connectivity index (χ2n) is 7.13. The highest BCUT2D eigenvalue weighted by molar-refractivity contribution is 6.06. The number of aryl methyl sites for hydroxylation is 1. The lowest BCUT2D eigenvalue weighted by molar-refractivity contribution is -0.130. The molecular weight excluding hydrogens is 361 g/mol. The van der Waals surface area contributed by atoms with Crippen LogP contribution in [0.15, 0.2) is 23.2 Å². The molecule has 28 heavy (non-hydrogen) atoms. The van der Waals surface area contributed by atoms with Crippen LogP contribution in [0, 0.1) is 12.7 Å². The SMILES string of the molecule is CCNC(=NCc1ccc(C)c(F)c1)NCCCN1C(=O)NC(C)(CC)C1=O. The van der Waals surface area contributed by atoms with Gasteiger partial charge in [0.25, 0.3) is 5.91 Å². The fraction of sp³-hybridized carbons (Fsp3) is 0.550. The molecule has 0 saturated carbocycles. The number of aliphatic imine (C=N–C) groups is 1. The maximum absolute atomic E-state index is 13.6. The van der Waals surface area contributed by atoms with Gasteiger partial charge in [-0.2, -0.15) is 0 Å². The lowest BCUT2D eigenvalue weighted by Gasteiger charge is -2.19. The van der Waals surface area contributed by atoms with Crippen LogP contribution in [0.1, 0.15) is 44.7 Å². The number of benzene rings is 1. The highest BCUT2D eigenvalue weighted by atomic mass is 19.1. The van der Waals surface area contributed by atoms with Crippen molar-refractivity contribution in [1.29, 1.82) is 0 Å². The van der Waals surface area contributed by atoms with Crippen LogP contribution in [0.4, 0.5) is 9.18 Å². The first kappa shape index (κ1) is 21.7. The van der Waals surface area contributed by atoms with Gasteiger partial charge in [0, 0.05) is 19.6 Å². The smallest absolute Gasteiger partial charge is 0.325 e. The van der Waals surface area contributed by atoms with Gasteiger partial charge >= 0.3 is 6.03 Å². The van der Waals surface area contributed by atoms with Gasteiger partial charge in [0.2, 0.25) is 0 Å². The average molecular weight is 391 g/mol. The summed E-state index contributed by atoms with van der Waals surface area (Å²) in [7, 11) is 0. The first-order chi connectivity index (χ1) is 13.3. The van der Waals surface area contributed by atoms with Gasteiger partial charge in [0.05, 0.1) is 6.54 Å². The molecule has 2 rings (SSSR count). The van der Waals surface area contributed by atoms with E-state index in [4.69, 9.17) is 0 Å². The average Bonchev–Trinajstić information content (AvgIpc) is 2.89. The van der Waals surface area contributed by atoms with E-state index in [1.54, 1.807) is 19.9 Å². The van der Waals surface area contributed by atoms with Crippen molar-refractivity contribution in [3.63, 3.8) is 0 Å². The molecule has 1 unspecified atom stereocenters. The van der Waals surface area contributed by atoms with Crippen LogP contribution in [0.2, 0.25) is 0 Å². The molecule has 0 bridgehead atoms. The second kappa shape index (κ2) is 9.52. The largest absolute Gasteiger partial charge is 0.357 e. The van der Waals surface area contributed by atoms with E-state index >= 15 is 0 Å². The van der Waals surface area contributed by atoms with E-state index < -0.39 is 5.54 Å². The first-order valence-corrected chi connectivity index (χ1v) is 9.72. The summed E-state index contributed by atoms with van der Waals surface area (Å²) in [5.41, 5.74) is 0.598. The molecule has 0 aromatic heterocycles. The predicted octanol–water partition coefficient (Wildman–Crippen LogP) is 2.30. The van der Waals surface area contributed by atoms with Crippen molar-refractivity contribution in [1.82, 2.24) is 20.9 Å². The molecule has 3 amide bonds. The molecule has 1 aromatic rings. The van der Waals surface area contributed by atoms with Gasteiger partial charge in [0.1, 0.15) is 11.4 Å². The van der Waals surface area contributed by atoms with Crippen molar-refractivity contribution in [3.8, 4) is 0 Å². The van der Waals surface area contributed by atoms with Crippen LogP contribution in [0.25, 0.3) is 0 Å². The Kier molecular flexibility index (Phi) is 7.37. The lowest BCUT2D eigenvalue weighted by atomic mass is 9.99. The summed E-state index contributed by atoms with van der Waals surface area (Å²) < 4.78 is 13.6. The van der Waals surface area contributed by atoms with Crippen LogP contribution < -0.4 is 16.0 Å². The third-order valence-electron chi connectivity index (χ3n) is 4.90. The van der Waals surface area contributed by atoms with Crippen molar-refractivity contribution < 1.29 is 14.0 Å². The number of hydrogen-bond acceptors (Lipinski definition) is 3. The highest BCUT2D eigenvalue weighted by Gasteiger charge is 2.45. The molecular formula is C20H30FN5O2. The van der Waals surface area contributed by atoms with Crippen LogP contribution in [-0.2, 0) is 11.3 Å². The monoisotopic (exact) mass is 391 g/mol. The van der Waals surface area contributed by atoms with E-state index in [0.29, 0.717) is 50.5 Å². The standard InChI is InChI=1S/C20H30FN5O2/c1-5-20(4)17(27)26(19(28)25-20)11-7-10-23-18(22-6-2)24-13-15-9-8-14(3)16(21)12-15/h8-9,12H,5-7,10-11,13H2,1-4H3,(H,25,28)(H2,22,23,24). The van der Waals surface area contributed by atoms with Crippen molar-refractivity contribution in [3.05, 3.63) is 35.1 Å². The minimum atomic E-state index is -0.801. The van der Waals surface area contributed by atoms with E-state index in [1.807, 2.05) is 19.9 Å². The predicted molar refractivity (Wildman–Crippen MR) is 108 cm³/mol. The third-order valence-corrected chi connectivity index (χ3v) is 4.90. The molecule has 7 nitrogen and oxygen atoms in total. The van der Waals surface area contributed by atoms with Gasteiger partial charge in [-0.3, -0.25) is 9.69 Å². The molecule has 1 fully saturated rings. The number of halogens is 1. The maximum atomic E-state index is 13.6. The van der Waals surface area contributed by atoms with Crippen molar-refractivity contribution in [2.24, 2.45) is 4.99 Å². The Bertz CT molecular complexity index is 752.